The van der Waals surface area contributed by atoms with Gasteiger partial charge in [-0.05, 0) is 43.9 Å². The molecule has 0 fully saturated rings. The van der Waals surface area contributed by atoms with Crippen LogP contribution in [0, 0.1) is 5.92 Å². The zero-order valence-electron chi connectivity index (χ0n) is 17.1. The van der Waals surface area contributed by atoms with Gasteiger partial charge in [-0.3, -0.25) is 4.79 Å². The van der Waals surface area contributed by atoms with E-state index in [9.17, 15) is 9.90 Å². The summed E-state index contributed by atoms with van der Waals surface area (Å²) in [4.78, 5) is 14.5. The van der Waals surface area contributed by atoms with Crippen LogP contribution in [0.1, 0.15) is 35.4 Å². The molecule has 0 radical (unpaired) electrons. The summed E-state index contributed by atoms with van der Waals surface area (Å²) in [5.74, 6) is 1.30. The molecular formula is C23H32N2O3. The highest BCUT2D eigenvalue weighted by Crippen LogP contribution is 2.15. The topological polar surface area (TPSA) is 61.8 Å². The minimum atomic E-state index is -0.567. The van der Waals surface area contributed by atoms with Crippen molar-refractivity contribution in [3.05, 3.63) is 65.7 Å². The molecule has 5 heteroatoms. The Labute approximate surface area is 168 Å². The van der Waals surface area contributed by atoms with Crippen LogP contribution in [0.25, 0.3) is 0 Å². The van der Waals surface area contributed by atoms with E-state index in [1.807, 2.05) is 68.7 Å². The van der Waals surface area contributed by atoms with Gasteiger partial charge in [0.05, 0.1) is 12.7 Å². The number of ether oxygens (including phenoxy) is 1. The summed E-state index contributed by atoms with van der Waals surface area (Å²) in [7, 11) is 4.10. The Kier molecular flexibility index (Phi) is 9.14. The highest BCUT2D eigenvalue weighted by molar-refractivity contribution is 5.96. The van der Waals surface area contributed by atoms with E-state index in [0.29, 0.717) is 37.6 Å². The number of benzene rings is 2. The Balaban J connectivity index is 1.69. The summed E-state index contributed by atoms with van der Waals surface area (Å²) in [5, 5.41) is 13.3. The number of hydrogen-bond acceptors (Lipinski definition) is 5. The highest BCUT2D eigenvalue weighted by Gasteiger charge is 2.09. The van der Waals surface area contributed by atoms with Crippen molar-refractivity contribution < 1.29 is 14.6 Å². The van der Waals surface area contributed by atoms with Gasteiger partial charge in [0.15, 0.2) is 5.78 Å². The van der Waals surface area contributed by atoms with Gasteiger partial charge in [0, 0.05) is 37.5 Å². The van der Waals surface area contributed by atoms with E-state index in [1.54, 1.807) is 0 Å². The fraction of sp³-hybridized carbons (Fsp3) is 0.435. The lowest BCUT2D eigenvalue weighted by Gasteiger charge is -2.17. The van der Waals surface area contributed by atoms with Crippen molar-refractivity contribution in [2.24, 2.45) is 5.92 Å². The monoisotopic (exact) mass is 384 g/mol. The van der Waals surface area contributed by atoms with Gasteiger partial charge in [0.25, 0.3) is 0 Å². The molecule has 2 N–H and O–H groups in total. The van der Waals surface area contributed by atoms with Crippen LogP contribution < -0.4 is 10.1 Å². The molecule has 0 aliphatic heterocycles. The van der Waals surface area contributed by atoms with Crippen molar-refractivity contribution in [2.75, 3.05) is 40.3 Å². The lowest BCUT2D eigenvalue weighted by molar-refractivity contribution is 0.0979. The van der Waals surface area contributed by atoms with Crippen LogP contribution in [0.4, 0.5) is 0 Å². The molecule has 5 nitrogen and oxygen atoms in total. The maximum Gasteiger partial charge on any atom is 0.164 e. The molecule has 2 aromatic carbocycles. The summed E-state index contributed by atoms with van der Waals surface area (Å²) in [6, 6.07) is 16.8. The van der Waals surface area contributed by atoms with Gasteiger partial charge < -0.3 is 20.1 Å². The average Bonchev–Trinajstić information content (AvgIpc) is 2.70. The highest BCUT2D eigenvalue weighted by atomic mass is 16.5. The van der Waals surface area contributed by atoms with E-state index < -0.39 is 6.10 Å². The largest absolute Gasteiger partial charge is 0.493 e. The first-order valence-electron chi connectivity index (χ1n) is 9.80. The van der Waals surface area contributed by atoms with Crippen molar-refractivity contribution >= 4 is 5.78 Å². The van der Waals surface area contributed by atoms with Gasteiger partial charge in [-0.15, -0.1) is 0 Å². The summed E-state index contributed by atoms with van der Waals surface area (Å²) in [6.45, 7) is 4.74. The van der Waals surface area contributed by atoms with Gasteiger partial charge in [-0.2, -0.15) is 0 Å². The molecule has 0 aromatic heterocycles. The van der Waals surface area contributed by atoms with E-state index >= 15 is 0 Å². The summed E-state index contributed by atoms with van der Waals surface area (Å²) < 4.78 is 5.79. The quantitative estimate of drug-likeness (QED) is 0.435. The van der Waals surface area contributed by atoms with Gasteiger partial charge in [-0.1, -0.05) is 37.3 Å². The molecule has 2 atom stereocenters. The molecule has 152 valence electrons. The minimum Gasteiger partial charge on any atom is -0.493 e. The normalized spacial score (nSPS) is 13.3. The number of aliphatic hydroxyl groups excluding tert-OH is 1. The van der Waals surface area contributed by atoms with Crippen LogP contribution in [0.5, 0.6) is 5.75 Å². The van der Waals surface area contributed by atoms with Gasteiger partial charge in [-0.25, -0.2) is 0 Å². The Bertz CT molecular complexity index is 702. The minimum absolute atomic E-state index is 0.0780. The van der Waals surface area contributed by atoms with E-state index in [-0.39, 0.29) is 5.78 Å². The van der Waals surface area contributed by atoms with Crippen LogP contribution in [0.3, 0.4) is 0 Å². The first-order chi connectivity index (χ1) is 13.5. The second-order valence-corrected chi connectivity index (χ2v) is 7.51. The molecule has 2 rings (SSSR count). The van der Waals surface area contributed by atoms with E-state index in [2.05, 4.69) is 17.1 Å². The van der Waals surface area contributed by atoms with Crippen molar-refractivity contribution in [2.45, 2.75) is 19.4 Å². The third kappa shape index (κ3) is 7.80. The van der Waals surface area contributed by atoms with Gasteiger partial charge in [0.2, 0.25) is 0 Å². The number of ketones is 1. The molecule has 0 saturated heterocycles. The van der Waals surface area contributed by atoms with Crippen LogP contribution in [-0.2, 0) is 0 Å². The summed E-state index contributed by atoms with van der Waals surface area (Å²) in [5.41, 5.74) is 1.55. The summed E-state index contributed by atoms with van der Waals surface area (Å²) in [6.07, 6.45) is -0.177. The van der Waals surface area contributed by atoms with Crippen LogP contribution in [-0.4, -0.2) is 56.1 Å². The van der Waals surface area contributed by atoms with Crippen molar-refractivity contribution in [1.82, 2.24) is 10.2 Å². The fourth-order valence-electron chi connectivity index (χ4n) is 3.03. The zero-order valence-corrected chi connectivity index (χ0v) is 17.1. The van der Waals surface area contributed by atoms with E-state index in [4.69, 9.17) is 4.74 Å². The maximum atomic E-state index is 12.3. The molecule has 0 aliphatic carbocycles. The number of nitrogens with one attached hydrogen (secondary N) is 1. The Morgan fingerprint density at radius 2 is 1.79 bits per heavy atom. The Hall–Kier alpha value is -2.21. The lowest BCUT2D eigenvalue weighted by Crippen LogP contribution is -2.24. The molecule has 2 aromatic rings. The average molecular weight is 385 g/mol. The molecule has 0 aliphatic rings. The van der Waals surface area contributed by atoms with Crippen molar-refractivity contribution in [3.63, 3.8) is 0 Å². The molecule has 28 heavy (non-hydrogen) atoms. The standard InChI is InChI=1S/C23H32N2O3/c1-18(16-25(2)3)17-28-21-11-9-20(10-12-21)22(26)13-14-24-15-23(27)19-7-5-4-6-8-19/h4-12,18,23-24,27H,13-17H2,1-3H3. The second kappa shape index (κ2) is 11.6. The van der Waals surface area contributed by atoms with Gasteiger partial charge in [0.1, 0.15) is 5.75 Å². The van der Waals surface area contributed by atoms with E-state index in [1.165, 1.54) is 0 Å². The summed E-state index contributed by atoms with van der Waals surface area (Å²) >= 11 is 0. The molecule has 0 bridgehead atoms. The van der Waals surface area contributed by atoms with Crippen molar-refractivity contribution in [1.29, 1.82) is 0 Å². The smallest absolute Gasteiger partial charge is 0.164 e. The fourth-order valence-corrected chi connectivity index (χ4v) is 3.03. The second-order valence-electron chi connectivity index (χ2n) is 7.51. The SMILES string of the molecule is CC(COc1ccc(C(=O)CCNCC(O)c2ccccc2)cc1)CN(C)C. The number of Topliss-reactive ketones (excluding diaryl/α,β-unsaturated/α-hetero) is 1. The Morgan fingerprint density at radius 1 is 1.11 bits per heavy atom. The number of aliphatic hydroxyl groups is 1. The third-order valence-corrected chi connectivity index (χ3v) is 4.44. The lowest BCUT2D eigenvalue weighted by atomic mass is 10.1. The first kappa shape index (κ1) is 22.1. The van der Waals surface area contributed by atoms with Gasteiger partial charge >= 0.3 is 0 Å². The third-order valence-electron chi connectivity index (χ3n) is 4.44. The molecule has 0 spiro atoms. The van der Waals surface area contributed by atoms with E-state index in [0.717, 1.165) is 17.9 Å². The van der Waals surface area contributed by atoms with Crippen LogP contribution >= 0.6 is 0 Å². The molecule has 0 heterocycles. The predicted octanol–water partition coefficient (Wildman–Crippen LogP) is 3.16. The van der Waals surface area contributed by atoms with Crippen molar-refractivity contribution in [3.8, 4) is 5.75 Å². The number of hydrogen-bond donors (Lipinski definition) is 2. The molecule has 2 unspecified atom stereocenters. The zero-order chi connectivity index (χ0) is 20.4. The Morgan fingerprint density at radius 3 is 2.43 bits per heavy atom. The number of nitrogens with zero attached hydrogens (tertiary/aromatic N) is 1. The van der Waals surface area contributed by atoms with Crippen LogP contribution in [0.15, 0.2) is 54.6 Å². The number of rotatable bonds is 12. The molecule has 0 amide bonds. The number of carbonyl (C=O) groups is 1. The number of carbonyl (C=O) groups excluding carboxylic acids is 1. The maximum absolute atomic E-state index is 12.3. The molecule has 0 saturated carbocycles. The van der Waals surface area contributed by atoms with Crippen LogP contribution in [0.2, 0.25) is 0 Å². The predicted molar refractivity (Wildman–Crippen MR) is 113 cm³/mol. The first-order valence-corrected chi connectivity index (χ1v) is 9.80. The molecular weight excluding hydrogens is 352 g/mol.